The maximum Gasteiger partial charge on any atom is 0.251 e. The summed E-state index contributed by atoms with van der Waals surface area (Å²) in [5, 5.41) is 2.79. The van der Waals surface area contributed by atoms with Gasteiger partial charge in [-0.1, -0.05) is 49.2 Å². The van der Waals surface area contributed by atoms with E-state index >= 15 is 0 Å². The molecule has 0 unspecified atom stereocenters. The van der Waals surface area contributed by atoms with Gasteiger partial charge in [0.2, 0.25) is 10.0 Å². The van der Waals surface area contributed by atoms with Crippen LogP contribution in [0.1, 0.15) is 41.3 Å². The van der Waals surface area contributed by atoms with E-state index in [2.05, 4.69) is 10.0 Å². The third-order valence-corrected chi connectivity index (χ3v) is 5.21. The number of carbonyl (C=O) groups is 1. The minimum Gasteiger partial charge on any atom is -0.352 e. The van der Waals surface area contributed by atoms with Gasteiger partial charge < -0.3 is 5.32 Å². The van der Waals surface area contributed by atoms with Crippen molar-refractivity contribution in [3.05, 3.63) is 65.2 Å². The fourth-order valence-corrected chi connectivity index (χ4v) is 3.32. The fourth-order valence-electron chi connectivity index (χ4n) is 2.25. The van der Waals surface area contributed by atoms with E-state index in [4.69, 9.17) is 0 Å². The highest BCUT2D eigenvalue weighted by atomic mass is 32.2. The highest BCUT2D eigenvalue weighted by Crippen LogP contribution is 2.13. The van der Waals surface area contributed by atoms with E-state index in [1.54, 1.807) is 12.1 Å². The summed E-state index contributed by atoms with van der Waals surface area (Å²) in [4.78, 5) is 12.2. The minimum atomic E-state index is -3.68. The predicted octanol–water partition coefficient (Wildman–Crippen LogP) is 3.00. The first-order chi connectivity index (χ1) is 11.9. The van der Waals surface area contributed by atoms with Gasteiger partial charge in [0.1, 0.15) is 0 Å². The van der Waals surface area contributed by atoms with Crippen LogP contribution >= 0.6 is 0 Å². The Morgan fingerprint density at radius 2 is 1.80 bits per heavy atom. The van der Waals surface area contributed by atoms with Crippen molar-refractivity contribution in [2.75, 3.05) is 6.54 Å². The van der Waals surface area contributed by atoms with Gasteiger partial charge in [0, 0.05) is 18.7 Å². The number of nitrogens with one attached hydrogen (secondary N) is 2. The zero-order chi connectivity index (χ0) is 18.3. The van der Waals surface area contributed by atoms with E-state index in [9.17, 15) is 13.2 Å². The van der Waals surface area contributed by atoms with Gasteiger partial charge in [0.25, 0.3) is 5.91 Å². The second-order valence-corrected chi connectivity index (χ2v) is 7.71. The van der Waals surface area contributed by atoms with Crippen LogP contribution in [0.5, 0.6) is 0 Å². The second kappa shape index (κ2) is 8.78. The highest BCUT2D eigenvalue weighted by molar-refractivity contribution is 7.89. The summed E-state index contributed by atoms with van der Waals surface area (Å²) in [6.07, 6.45) is 1.87. The van der Waals surface area contributed by atoms with Crippen LogP contribution in [0.2, 0.25) is 0 Å². The number of aryl methyl sites for hydroxylation is 1. The molecular formula is C19H24N2O3S. The van der Waals surface area contributed by atoms with Crippen LogP contribution in [0.3, 0.4) is 0 Å². The number of amides is 1. The predicted molar refractivity (Wildman–Crippen MR) is 98.9 cm³/mol. The standard InChI is InChI=1S/C19H24N2O3S/c1-3-4-12-20-19(22)17-6-5-7-18(13-17)25(23,24)21-14-16-10-8-15(2)9-11-16/h5-11,13,21H,3-4,12,14H2,1-2H3,(H,20,22). The lowest BCUT2D eigenvalue weighted by Gasteiger charge is -2.09. The van der Waals surface area contributed by atoms with Gasteiger partial charge in [-0.3, -0.25) is 4.79 Å². The Morgan fingerprint density at radius 1 is 1.08 bits per heavy atom. The molecule has 0 aliphatic rings. The number of benzene rings is 2. The molecule has 2 aromatic carbocycles. The summed E-state index contributed by atoms with van der Waals surface area (Å²) in [5.41, 5.74) is 2.34. The number of hydrogen-bond donors (Lipinski definition) is 2. The van der Waals surface area contributed by atoms with E-state index in [1.165, 1.54) is 12.1 Å². The third-order valence-electron chi connectivity index (χ3n) is 3.81. The first-order valence-corrected chi connectivity index (χ1v) is 9.84. The van der Waals surface area contributed by atoms with Gasteiger partial charge in [0.15, 0.2) is 0 Å². The zero-order valence-corrected chi connectivity index (χ0v) is 15.4. The highest BCUT2D eigenvalue weighted by Gasteiger charge is 2.16. The van der Waals surface area contributed by atoms with Crippen molar-refractivity contribution in [1.29, 1.82) is 0 Å². The Bertz CT molecular complexity index is 815. The molecule has 0 bridgehead atoms. The molecule has 6 heteroatoms. The van der Waals surface area contributed by atoms with Crippen LogP contribution in [0.15, 0.2) is 53.4 Å². The van der Waals surface area contributed by atoms with Gasteiger partial charge in [-0.15, -0.1) is 0 Å². The molecule has 2 aromatic rings. The number of hydrogen-bond acceptors (Lipinski definition) is 3. The SMILES string of the molecule is CCCCNC(=O)c1cccc(S(=O)(=O)NCc2ccc(C)cc2)c1. The molecule has 0 saturated carbocycles. The lowest BCUT2D eigenvalue weighted by molar-refractivity contribution is 0.0953. The maximum absolute atomic E-state index is 12.5. The van der Waals surface area contributed by atoms with E-state index in [1.807, 2.05) is 38.1 Å². The van der Waals surface area contributed by atoms with Gasteiger partial charge in [-0.25, -0.2) is 13.1 Å². The molecule has 0 aliphatic carbocycles. The molecule has 0 aliphatic heterocycles. The summed E-state index contributed by atoms with van der Waals surface area (Å²) in [7, 11) is -3.68. The topological polar surface area (TPSA) is 75.3 Å². The third kappa shape index (κ3) is 5.69. The van der Waals surface area contributed by atoms with Crippen LogP contribution in [0.25, 0.3) is 0 Å². The van der Waals surface area contributed by atoms with Crippen molar-refractivity contribution >= 4 is 15.9 Å². The average Bonchev–Trinajstić information content (AvgIpc) is 2.61. The van der Waals surface area contributed by atoms with Crippen LogP contribution in [-0.2, 0) is 16.6 Å². The van der Waals surface area contributed by atoms with E-state index < -0.39 is 10.0 Å². The van der Waals surface area contributed by atoms with E-state index in [-0.39, 0.29) is 17.3 Å². The molecule has 2 rings (SSSR count). The number of rotatable bonds is 8. The molecule has 0 radical (unpaired) electrons. The molecule has 0 fully saturated rings. The molecule has 134 valence electrons. The number of sulfonamides is 1. The van der Waals surface area contributed by atoms with Gasteiger partial charge in [-0.05, 0) is 37.1 Å². The van der Waals surface area contributed by atoms with E-state index in [0.717, 1.165) is 24.0 Å². The molecule has 1 amide bonds. The molecule has 2 N–H and O–H groups in total. The maximum atomic E-state index is 12.5. The molecule has 25 heavy (non-hydrogen) atoms. The average molecular weight is 360 g/mol. The molecule has 0 saturated heterocycles. The van der Waals surface area contributed by atoms with E-state index in [0.29, 0.717) is 12.1 Å². The van der Waals surface area contributed by atoms with Crippen molar-refractivity contribution in [2.45, 2.75) is 38.1 Å². The lowest BCUT2D eigenvalue weighted by atomic mass is 10.2. The summed E-state index contributed by atoms with van der Waals surface area (Å²) in [6.45, 7) is 4.80. The molecular weight excluding hydrogens is 336 g/mol. The first kappa shape index (κ1) is 19.1. The molecule has 0 spiro atoms. The Hall–Kier alpha value is -2.18. The number of unbranched alkanes of at least 4 members (excludes halogenated alkanes) is 1. The molecule has 0 atom stereocenters. The van der Waals surface area contributed by atoms with Crippen LogP contribution in [-0.4, -0.2) is 20.9 Å². The van der Waals surface area contributed by atoms with Crippen molar-refractivity contribution in [2.24, 2.45) is 0 Å². The van der Waals surface area contributed by atoms with Crippen molar-refractivity contribution < 1.29 is 13.2 Å². The zero-order valence-electron chi connectivity index (χ0n) is 14.6. The van der Waals surface area contributed by atoms with Crippen LogP contribution in [0.4, 0.5) is 0 Å². The van der Waals surface area contributed by atoms with Gasteiger partial charge >= 0.3 is 0 Å². The normalized spacial score (nSPS) is 11.3. The lowest BCUT2D eigenvalue weighted by Crippen LogP contribution is -2.26. The second-order valence-electron chi connectivity index (χ2n) is 5.95. The summed E-state index contributed by atoms with van der Waals surface area (Å²) in [6, 6.07) is 13.7. The number of carbonyl (C=O) groups excluding carboxylic acids is 1. The summed E-state index contributed by atoms with van der Waals surface area (Å²) >= 11 is 0. The Balaban J connectivity index is 2.07. The Kier molecular flexibility index (Phi) is 6.73. The van der Waals surface area contributed by atoms with Crippen molar-refractivity contribution in [3.8, 4) is 0 Å². The molecule has 5 nitrogen and oxygen atoms in total. The Labute approximate surface area is 149 Å². The van der Waals surface area contributed by atoms with Crippen molar-refractivity contribution in [1.82, 2.24) is 10.0 Å². The van der Waals surface area contributed by atoms with Crippen molar-refractivity contribution in [3.63, 3.8) is 0 Å². The summed E-state index contributed by atoms with van der Waals surface area (Å²) < 4.78 is 27.5. The molecule has 0 aromatic heterocycles. The monoisotopic (exact) mass is 360 g/mol. The smallest absolute Gasteiger partial charge is 0.251 e. The Morgan fingerprint density at radius 3 is 2.48 bits per heavy atom. The molecule has 0 heterocycles. The largest absolute Gasteiger partial charge is 0.352 e. The van der Waals surface area contributed by atoms with Crippen LogP contribution < -0.4 is 10.0 Å². The first-order valence-electron chi connectivity index (χ1n) is 8.36. The minimum absolute atomic E-state index is 0.0859. The van der Waals surface area contributed by atoms with Crippen LogP contribution in [0, 0.1) is 6.92 Å². The van der Waals surface area contributed by atoms with Gasteiger partial charge in [-0.2, -0.15) is 0 Å². The summed E-state index contributed by atoms with van der Waals surface area (Å²) in [5.74, 6) is -0.260. The van der Waals surface area contributed by atoms with Gasteiger partial charge in [0.05, 0.1) is 4.90 Å². The quantitative estimate of drug-likeness (QED) is 0.711. The fraction of sp³-hybridized carbons (Fsp3) is 0.316.